The number of halogens is 1. The van der Waals surface area contributed by atoms with Gasteiger partial charge in [0.25, 0.3) is 0 Å². The number of thiocarbonyl (C=S) groups is 1. The van der Waals surface area contributed by atoms with Crippen molar-refractivity contribution in [3.63, 3.8) is 0 Å². The largest absolute Gasteiger partial charge is 0.389 e. The summed E-state index contributed by atoms with van der Waals surface area (Å²) in [6.07, 6.45) is 0. The lowest BCUT2D eigenvalue weighted by Crippen LogP contribution is -2.36. The minimum Gasteiger partial charge on any atom is -0.389 e. The molecule has 0 aliphatic heterocycles. The number of anilines is 1. The average molecular weight is 273 g/mol. The highest BCUT2D eigenvalue weighted by Crippen LogP contribution is 2.23. The van der Waals surface area contributed by atoms with Gasteiger partial charge in [0.1, 0.15) is 4.99 Å². The topological polar surface area (TPSA) is 47.3 Å². The third-order valence-electron chi connectivity index (χ3n) is 2.23. The molecule has 0 fully saturated rings. The number of nitrogens with two attached hydrogens (primary N) is 1. The molecular weight excluding hydrogens is 256 g/mol. The quantitative estimate of drug-likeness (QED) is 0.810. The van der Waals surface area contributed by atoms with Crippen LogP contribution in [0, 0.1) is 0 Å². The van der Waals surface area contributed by atoms with Crippen molar-refractivity contribution < 1.29 is 4.74 Å². The monoisotopic (exact) mass is 272 g/mol. The minimum atomic E-state index is -0.206. The van der Waals surface area contributed by atoms with Crippen LogP contribution in [0.1, 0.15) is 19.4 Å². The van der Waals surface area contributed by atoms with Crippen LogP contribution in [0.15, 0.2) is 18.2 Å². The Morgan fingerprint density at radius 3 is 2.71 bits per heavy atom. The summed E-state index contributed by atoms with van der Waals surface area (Å²) in [5.74, 6) is 0. The van der Waals surface area contributed by atoms with E-state index >= 15 is 0 Å². The minimum absolute atomic E-state index is 0.206. The van der Waals surface area contributed by atoms with Gasteiger partial charge in [0.05, 0.1) is 12.1 Å². The van der Waals surface area contributed by atoms with Crippen LogP contribution in [0.3, 0.4) is 0 Å². The van der Waals surface area contributed by atoms with E-state index in [0.717, 1.165) is 11.3 Å². The van der Waals surface area contributed by atoms with E-state index in [0.29, 0.717) is 16.6 Å². The Bertz CT molecular complexity index is 421. The fraction of sp³-hybridized carbons (Fsp3) is 0.417. The van der Waals surface area contributed by atoms with Gasteiger partial charge in [-0.15, -0.1) is 0 Å². The third kappa shape index (κ3) is 4.15. The molecule has 3 N–H and O–H groups in total. The zero-order chi connectivity index (χ0) is 13.1. The molecular formula is C12H17ClN2OS. The van der Waals surface area contributed by atoms with Gasteiger partial charge in [0.15, 0.2) is 0 Å². The lowest BCUT2D eigenvalue weighted by molar-refractivity contribution is 0.158. The van der Waals surface area contributed by atoms with Gasteiger partial charge in [-0.1, -0.05) is 23.8 Å². The van der Waals surface area contributed by atoms with Crippen molar-refractivity contribution >= 4 is 34.5 Å². The second-order valence-corrected chi connectivity index (χ2v) is 5.37. The Morgan fingerprint density at radius 1 is 1.53 bits per heavy atom. The molecule has 3 nitrogen and oxygen atoms in total. The van der Waals surface area contributed by atoms with Crippen LogP contribution in [-0.2, 0) is 4.74 Å². The fourth-order valence-electron chi connectivity index (χ4n) is 1.59. The molecule has 0 saturated heterocycles. The first-order chi connectivity index (χ1) is 7.85. The van der Waals surface area contributed by atoms with Crippen molar-refractivity contribution in [2.75, 3.05) is 19.0 Å². The zero-order valence-electron chi connectivity index (χ0n) is 10.2. The first-order valence-electron chi connectivity index (χ1n) is 5.22. The molecule has 0 aliphatic rings. The first-order valence-corrected chi connectivity index (χ1v) is 6.01. The van der Waals surface area contributed by atoms with Crippen LogP contribution < -0.4 is 11.1 Å². The standard InChI is InChI=1S/C12H17ClN2OS/c1-12(2,7-16-3)15-10-5-4-8(13)6-9(10)11(14)17/h4-6,15H,7H2,1-3H3,(H2,14,17). The van der Waals surface area contributed by atoms with Crippen LogP contribution >= 0.6 is 23.8 Å². The van der Waals surface area contributed by atoms with Crippen LogP contribution in [0.2, 0.25) is 5.02 Å². The second-order valence-electron chi connectivity index (χ2n) is 4.50. The van der Waals surface area contributed by atoms with Gasteiger partial charge in [0.2, 0.25) is 0 Å². The van der Waals surface area contributed by atoms with Crippen molar-refractivity contribution in [1.82, 2.24) is 0 Å². The summed E-state index contributed by atoms with van der Waals surface area (Å²) in [4.78, 5) is 0.322. The predicted molar refractivity (Wildman–Crippen MR) is 76.9 cm³/mol. The lowest BCUT2D eigenvalue weighted by Gasteiger charge is -2.28. The summed E-state index contributed by atoms with van der Waals surface area (Å²) in [7, 11) is 1.67. The number of rotatable bonds is 5. The normalized spacial score (nSPS) is 11.3. The predicted octanol–water partition coefficient (Wildman–Crippen LogP) is 2.81. The summed E-state index contributed by atoms with van der Waals surface area (Å²) in [5.41, 5.74) is 7.08. The van der Waals surface area contributed by atoms with Crippen LogP contribution in [0.4, 0.5) is 5.69 Å². The molecule has 0 amide bonds. The highest BCUT2D eigenvalue weighted by atomic mass is 35.5. The van der Waals surface area contributed by atoms with Crippen molar-refractivity contribution in [1.29, 1.82) is 0 Å². The molecule has 5 heteroatoms. The Balaban J connectivity index is 3.02. The van der Waals surface area contributed by atoms with E-state index in [9.17, 15) is 0 Å². The maximum absolute atomic E-state index is 5.93. The number of methoxy groups -OCH3 is 1. The molecule has 0 spiro atoms. The van der Waals surface area contributed by atoms with Crippen molar-refractivity contribution in [2.24, 2.45) is 5.73 Å². The van der Waals surface area contributed by atoms with E-state index in [1.165, 1.54) is 0 Å². The van der Waals surface area contributed by atoms with E-state index in [4.69, 9.17) is 34.3 Å². The maximum atomic E-state index is 5.93. The molecule has 1 rings (SSSR count). The highest BCUT2D eigenvalue weighted by Gasteiger charge is 2.19. The van der Waals surface area contributed by atoms with Gasteiger partial charge in [0, 0.05) is 23.4 Å². The third-order valence-corrected chi connectivity index (χ3v) is 2.68. The molecule has 1 aromatic carbocycles. The van der Waals surface area contributed by atoms with Crippen molar-refractivity contribution in [2.45, 2.75) is 19.4 Å². The molecule has 0 aliphatic carbocycles. The molecule has 0 saturated carbocycles. The van der Waals surface area contributed by atoms with Crippen molar-refractivity contribution in [3.05, 3.63) is 28.8 Å². The van der Waals surface area contributed by atoms with E-state index in [1.54, 1.807) is 19.2 Å². The molecule has 94 valence electrons. The highest BCUT2D eigenvalue weighted by molar-refractivity contribution is 7.80. The Kier molecular flexibility index (Phi) is 4.74. The molecule has 0 radical (unpaired) electrons. The van der Waals surface area contributed by atoms with E-state index < -0.39 is 0 Å². The molecule has 0 unspecified atom stereocenters. The van der Waals surface area contributed by atoms with Crippen LogP contribution in [0.25, 0.3) is 0 Å². The molecule has 1 aromatic rings. The number of nitrogens with one attached hydrogen (secondary N) is 1. The maximum Gasteiger partial charge on any atom is 0.106 e. The van der Waals surface area contributed by atoms with Gasteiger partial charge in [-0.2, -0.15) is 0 Å². The first kappa shape index (κ1) is 14.2. The molecule has 0 bridgehead atoms. The Morgan fingerprint density at radius 2 is 2.18 bits per heavy atom. The molecule has 17 heavy (non-hydrogen) atoms. The Labute approximate surface area is 112 Å². The molecule has 0 heterocycles. The molecule has 0 atom stereocenters. The fourth-order valence-corrected chi connectivity index (χ4v) is 1.93. The van der Waals surface area contributed by atoms with Gasteiger partial charge in [-0.25, -0.2) is 0 Å². The summed E-state index contributed by atoms with van der Waals surface area (Å²) in [5, 5.41) is 3.96. The molecule has 0 aromatic heterocycles. The van der Waals surface area contributed by atoms with E-state index in [2.05, 4.69) is 5.32 Å². The second kappa shape index (κ2) is 5.67. The van der Waals surface area contributed by atoms with Crippen molar-refractivity contribution in [3.8, 4) is 0 Å². The summed E-state index contributed by atoms with van der Waals surface area (Å²) < 4.78 is 5.15. The SMILES string of the molecule is COCC(C)(C)Nc1ccc(Cl)cc1C(N)=S. The number of hydrogen-bond acceptors (Lipinski definition) is 3. The lowest BCUT2D eigenvalue weighted by atomic mass is 10.0. The summed E-state index contributed by atoms with van der Waals surface area (Å²) >= 11 is 10.9. The zero-order valence-corrected chi connectivity index (χ0v) is 11.8. The number of ether oxygens (including phenoxy) is 1. The van der Waals surface area contributed by atoms with E-state index in [1.807, 2.05) is 19.9 Å². The Hall–Kier alpha value is -0.840. The number of hydrogen-bond donors (Lipinski definition) is 2. The van der Waals surface area contributed by atoms with Gasteiger partial charge >= 0.3 is 0 Å². The van der Waals surface area contributed by atoms with Crippen LogP contribution in [-0.4, -0.2) is 24.2 Å². The summed E-state index contributed by atoms with van der Waals surface area (Å²) in [6, 6.07) is 5.43. The van der Waals surface area contributed by atoms with Gasteiger partial charge in [-0.3, -0.25) is 0 Å². The van der Waals surface area contributed by atoms with Gasteiger partial charge < -0.3 is 15.8 Å². The van der Waals surface area contributed by atoms with Gasteiger partial charge in [-0.05, 0) is 32.0 Å². The van der Waals surface area contributed by atoms with Crippen LogP contribution in [0.5, 0.6) is 0 Å². The summed E-state index contributed by atoms with van der Waals surface area (Å²) in [6.45, 7) is 4.65. The van der Waals surface area contributed by atoms with E-state index in [-0.39, 0.29) is 5.54 Å². The number of benzene rings is 1. The smallest absolute Gasteiger partial charge is 0.106 e. The average Bonchev–Trinajstić information content (AvgIpc) is 2.20.